The first-order chi connectivity index (χ1) is 15.6. The summed E-state index contributed by atoms with van der Waals surface area (Å²) >= 11 is 0. The van der Waals surface area contributed by atoms with Crippen LogP contribution in [0.2, 0.25) is 25.7 Å². The van der Waals surface area contributed by atoms with Gasteiger partial charge in [0.15, 0.2) is 0 Å². The molecule has 10 heteroatoms. The van der Waals surface area contributed by atoms with Crippen LogP contribution in [0.3, 0.4) is 0 Å². The number of ketones is 1. The molecule has 0 bridgehead atoms. The number of hydrogen-bond acceptors (Lipinski definition) is 7. The van der Waals surface area contributed by atoms with E-state index in [0.29, 0.717) is 18.7 Å². The summed E-state index contributed by atoms with van der Waals surface area (Å²) in [6, 6.07) is 4.46. The Bertz CT molecular complexity index is 901. The minimum absolute atomic E-state index is 0.0344. The van der Waals surface area contributed by atoms with Crippen LogP contribution in [0.4, 0.5) is 0 Å². The molecule has 1 amide bonds. The normalized spacial score (nSPS) is 15.8. The molecular formula is C23H34N2O7Si. The van der Waals surface area contributed by atoms with E-state index in [1.54, 1.807) is 35.9 Å². The van der Waals surface area contributed by atoms with Gasteiger partial charge in [-0.3, -0.25) is 9.59 Å². The lowest BCUT2D eigenvalue weighted by Gasteiger charge is -2.21. The van der Waals surface area contributed by atoms with Gasteiger partial charge in [0.1, 0.15) is 18.1 Å². The Morgan fingerprint density at radius 2 is 1.91 bits per heavy atom. The molecular weight excluding hydrogens is 444 g/mol. The molecule has 1 aliphatic heterocycles. The monoisotopic (exact) mass is 478 g/mol. The van der Waals surface area contributed by atoms with Crippen LogP contribution < -0.4 is 0 Å². The number of rotatable bonds is 12. The third kappa shape index (κ3) is 7.67. The molecule has 0 fully saturated rings. The summed E-state index contributed by atoms with van der Waals surface area (Å²) < 4.78 is 17.1. The summed E-state index contributed by atoms with van der Waals surface area (Å²) in [5.74, 6) is -2.76. The van der Waals surface area contributed by atoms with Crippen molar-refractivity contribution in [2.75, 3.05) is 26.9 Å². The molecule has 33 heavy (non-hydrogen) atoms. The quantitative estimate of drug-likeness (QED) is 0.197. The molecule has 0 radical (unpaired) electrons. The van der Waals surface area contributed by atoms with Gasteiger partial charge in [-0.1, -0.05) is 19.6 Å². The summed E-state index contributed by atoms with van der Waals surface area (Å²) in [5, 5.41) is 0. The summed E-state index contributed by atoms with van der Waals surface area (Å²) in [7, 11) is -0.0686. The molecule has 2 heterocycles. The Morgan fingerprint density at radius 1 is 1.18 bits per heavy atom. The van der Waals surface area contributed by atoms with Gasteiger partial charge >= 0.3 is 11.9 Å². The average Bonchev–Trinajstić information content (AvgIpc) is 3.40. The summed E-state index contributed by atoms with van der Waals surface area (Å²) in [6.07, 6.45) is 3.67. The van der Waals surface area contributed by atoms with Crippen molar-refractivity contribution in [3.8, 4) is 0 Å². The molecule has 182 valence electrons. The van der Waals surface area contributed by atoms with Crippen molar-refractivity contribution in [3.63, 3.8) is 0 Å². The first-order valence-corrected chi connectivity index (χ1v) is 14.8. The van der Waals surface area contributed by atoms with Crippen molar-refractivity contribution in [1.82, 2.24) is 9.47 Å². The van der Waals surface area contributed by atoms with Gasteiger partial charge in [-0.2, -0.15) is 0 Å². The molecule has 1 aromatic rings. The highest BCUT2D eigenvalue weighted by Crippen LogP contribution is 2.27. The molecule has 1 atom stereocenters. The standard InChI is InChI=1S/C23H34N2O7Si/c1-6-32-22(28)19-14-17(9-10-20(26)23(29)30-2)15-25(19)21(27)18-8-7-11-24(18)16-31-12-13-33(3,4)5/h7-8,11,14,17H,6,9-10,12-13,15-16H2,1-5H3/t17-/m1/s1. The van der Waals surface area contributed by atoms with E-state index in [0.717, 1.165) is 13.2 Å². The second-order valence-electron chi connectivity index (χ2n) is 9.11. The summed E-state index contributed by atoms with van der Waals surface area (Å²) in [4.78, 5) is 50.4. The van der Waals surface area contributed by atoms with Crippen LogP contribution in [0.15, 0.2) is 30.1 Å². The van der Waals surface area contributed by atoms with Crippen LogP contribution in [-0.2, 0) is 35.3 Å². The van der Waals surface area contributed by atoms with Gasteiger partial charge in [0, 0.05) is 33.8 Å². The molecule has 1 aliphatic rings. The van der Waals surface area contributed by atoms with Crippen molar-refractivity contribution in [1.29, 1.82) is 0 Å². The van der Waals surface area contributed by atoms with E-state index in [9.17, 15) is 19.2 Å². The second-order valence-corrected chi connectivity index (χ2v) is 14.7. The third-order valence-corrected chi connectivity index (χ3v) is 6.97. The van der Waals surface area contributed by atoms with Crippen molar-refractivity contribution in [2.24, 2.45) is 5.92 Å². The average molecular weight is 479 g/mol. The number of hydrogen-bond donors (Lipinski definition) is 0. The molecule has 0 N–H and O–H groups in total. The van der Waals surface area contributed by atoms with Crippen LogP contribution in [0, 0.1) is 5.92 Å². The van der Waals surface area contributed by atoms with Gasteiger partial charge in [-0.25, -0.2) is 9.59 Å². The van der Waals surface area contributed by atoms with E-state index < -0.39 is 25.8 Å². The Morgan fingerprint density at radius 3 is 2.55 bits per heavy atom. The molecule has 0 aliphatic carbocycles. The maximum Gasteiger partial charge on any atom is 0.374 e. The number of esters is 2. The Labute approximate surface area is 195 Å². The zero-order valence-electron chi connectivity index (χ0n) is 20.1. The van der Waals surface area contributed by atoms with Crippen molar-refractivity contribution >= 4 is 31.7 Å². The number of amides is 1. The van der Waals surface area contributed by atoms with Crippen molar-refractivity contribution in [2.45, 2.75) is 52.2 Å². The number of ether oxygens (including phenoxy) is 3. The minimum atomic E-state index is -1.22. The maximum absolute atomic E-state index is 13.3. The molecule has 0 unspecified atom stereocenters. The first-order valence-electron chi connectivity index (χ1n) is 11.1. The van der Waals surface area contributed by atoms with Gasteiger partial charge in [0.05, 0.1) is 13.7 Å². The van der Waals surface area contributed by atoms with Gasteiger partial charge in [0.25, 0.3) is 5.91 Å². The largest absolute Gasteiger partial charge is 0.463 e. The number of methoxy groups -OCH3 is 1. The zero-order valence-corrected chi connectivity index (χ0v) is 21.1. The lowest BCUT2D eigenvalue weighted by molar-refractivity contribution is -0.151. The van der Waals surface area contributed by atoms with Crippen LogP contribution in [0.5, 0.6) is 0 Å². The smallest absolute Gasteiger partial charge is 0.374 e. The Kier molecular flexibility index (Phi) is 9.60. The number of carbonyl (C=O) groups is 4. The number of nitrogens with zero attached hydrogens (tertiary/aromatic N) is 2. The maximum atomic E-state index is 13.3. The van der Waals surface area contributed by atoms with Gasteiger partial charge in [-0.15, -0.1) is 0 Å². The van der Waals surface area contributed by atoms with Gasteiger partial charge in [0.2, 0.25) is 5.78 Å². The van der Waals surface area contributed by atoms with E-state index in [-0.39, 0.29) is 43.8 Å². The lowest BCUT2D eigenvalue weighted by atomic mass is 10.0. The predicted molar refractivity (Wildman–Crippen MR) is 124 cm³/mol. The fourth-order valence-corrected chi connectivity index (χ4v) is 4.14. The van der Waals surface area contributed by atoms with Crippen LogP contribution >= 0.6 is 0 Å². The highest BCUT2D eigenvalue weighted by atomic mass is 28.3. The molecule has 0 aromatic carbocycles. The molecule has 0 spiro atoms. The highest BCUT2D eigenvalue weighted by molar-refractivity contribution is 6.76. The molecule has 2 rings (SSSR count). The Hall–Kier alpha value is -2.72. The first kappa shape index (κ1) is 26.5. The second kappa shape index (κ2) is 11.9. The molecule has 0 saturated heterocycles. The van der Waals surface area contributed by atoms with Gasteiger partial charge in [-0.05, 0) is 43.5 Å². The molecule has 0 saturated carbocycles. The van der Waals surface area contributed by atoms with E-state index in [1.165, 1.54) is 4.90 Å². The van der Waals surface area contributed by atoms with Crippen molar-refractivity contribution in [3.05, 3.63) is 35.8 Å². The van der Waals surface area contributed by atoms with E-state index >= 15 is 0 Å². The van der Waals surface area contributed by atoms with Crippen LogP contribution in [-0.4, -0.2) is 68.0 Å². The fraction of sp³-hybridized carbons (Fsp3) is 0.565. The number of aromatic nitrogens is 1. The highest BCUT2D eigenvalue weighted by Gasteiger charge is 2.35. The number of Topliss-reactive ketones (excluding diaryl/α,β-unsaturated/α-hetero) is 1. The predicted octanol–water partition coefficient (Wildman–Crippen LogP) is 2.84. The van der Waals surface area contributed by atoms with E-state index in [4.69, 9.17) is 9.47 Å². The minimum Gasteiger partial charge on any atom is -0.463 e. The zero-order chi connectivity index (χ0) is 24.6. The molecule has 9 nitrogen and oxygen atoms in total. The van der Waals surface area contributed by atoms with E-state index in [2.05, 4.69) is 24.4 Å². The van der Waals surface area contributed by atoms with Crippen LogP contribution in [0.25, 0.3) is 0 Å². The fourth-order valence-electron chi connectivity index (χ4n) is 3.38. The summed E-state index contributed by atoms with van der Waals surface area (Å²) in [6.45, 7) is 9.74. The third-order valence-electron chi connectivity index (χ3n) is 5.26. The topological polar surface area (TPSA) is 104 Å². The summed E-state index contributed by atoms with van der Waals surface area (Å²) in [5.41, 5.74) is 0.536. The van der Waals surface area contributed by atoms with E-state index in [1.807, 2.05) is 0 Å². The van der Waals surface area contributed by atoms with Crippen LogP contribution in [0.1, 0.15) is 30.3 Å². The van der Waals surface area contributed by atoms with Gasteiger partial charge < -0.3 is 23.7 Å². The van der Waals surface area contributed by atoms with Crippen molar-refractivity contribution < 1.29 is 33.4 Å². The molecule has 1 aromatic heterocycles. The number of carbonyl (C=O) groups excluding carboxylic acids is 4. The SMILES string of the molecule is CCOC(=O)C1=C[C@@H](CCC(=O)C(=O)OC)CN1C(=O)c1cccn1COCC[Si](C)(C)C. The Balaban J connectivity index is 2.10. The lowest BCUT2D eigenvalue weighted by Crippen LogP contribution is -2.34.